The summed E-state index contributed by atoms with van der Waals surface area (Å²) >= 11 is 0. The van der Waals surface area contributed by atoms with Crippen LogP contribution in [0, 0.1) is 5.82 Å². The van der Waals surface area contributed by atoms with Crippen molar-refractivity contribution in [3.05, 3.63) is 29.5 Å². The van der Waals surface area contributed by atoms with E-state index in [1.54, 1.807) is 0 Å². The maximum absolute atomic E-state index is 13.5. The molecular weight excluding hydrogens is 216 g/mol. The summed E-state index contributed by atoms with van der Waals surface area (Å²) in [6.45, 7) is 0. The van der Waals surface area contributed by atoms with Crippen molar-refractivity contribution >= 4 is 19.3 Å². The molecule has 1 aromatic rings. The second kappa shape index (κ2) is 3.86. The van der Waals surface area contributed by atoms with Gasteiger partial charge in [-0.05, 0) is 12.0 Å². The van der Waals surface area contributed by atoms with Crippen LogP contribution in [-0.4, -0.2) is 18.2 Å². The molecule has 2 rings (SSSR count). The van der Waals surface area contributed by atoms with E-state index in [1.165, 1.54) is 18.1 Å². The largest absolute Gasteiger partial charge is 0.552 e. The van der Waals surface area contributed by atoms with Gasteiger partial charge in [-0.25, -0.2) is 9.18 Å². The summed E-state index contributed by atoms with van der Waals surface area (Å²) < 4.78 is 22.8. The average Bonchev–Trinajstić information content (AvgIpc) is 2.18. The van der Waals surface area contributed by atoms with Crippen LogP contribution in [0.5, 0.6) is 11.5 Å². The van der Waals surface area contributed by atoms with Gasteiger partial charge in [-0.2, -0.15) is 0 Å². The van der Waals surface area contributed by atoms with Gasteiger partial charge >= 0.3 is 13.2 Å². The molecule has 0 saturated carbocycles. The highest BCUT2D eigenvalue weighted by atomic mass is 19.1. The number of hydrogen-bond donors (Lipinski definition) is 2. The number of fused-ring (bicyclic) bond motifs is 1. The Labute approximate surface area is 90.4 Å². The van der Waals surface area contributed by atoms with Crippen molar-refractivity contribution in [2.75, 3.05) is 0 Å². The van der Waals surface area contributed by atoms with Gasteiger partial charge in [0, 0.05) is 11.6 Å². The minimum Gasteiger partial charge on any atom is -0.530 e. The summed E-state index contributed by atoms with van der Waals surface area (Å²) in [6.07, 6.45) is 0.431. The highest BCUT2D eigenvalue weighted by Crippen LogP contribution is 2.31. The maximum Gasteiger partial charge on any atom is 0.552 e. The summed E-state index contributed by atoms with van der Waals surface area (Å²) in [6, 6.07) is 2.33. The third-order valence-corrected chi connectivity index (χ3v) is 1.94. The molecule has 0 saturated heterocycles. The van der Waals surface area contributed by atoms with E-state index in [0.29, 0.717) is 5.56 Å². The molecule has 0 radical (unpaired) electrons. The van der Waals surface area contributed by atoms with E-state index in [2.05, 4.69) is 4.74 Å². The van der Waals surface area contributed by atoms with Crippen molar-refractivity contribution in [3.63, 3.8) is 0 Å². The van der Waals surface area contributed by atoms with Gasteiger partial charge in [0.25, 0.3) is 0 Å². The molecule has 0 fully saturated rings. The van der Waals surface area contributed by atoms with Gasteiger partial charge in [0.2, 0.25) is 0 Å². The Kier molecular flexibility index (Phi) is 2.53. The van der Waals surface area contributed by atoms with Crippen LogP contribution in [-0.2, 0) is 0 Å². The number of carbonyl (C=O) groups excluding carboxylic acids is 1. The quantitative estimate of drug-likeness (QED) is 0.686. The highest BCUT2D eigenvalue weighted by molar-refractivity contribution is 6.51. The molecule has 0 spiro atoms. The van der Waals surface area contributed by atoms with Crippen LogP contribution >= 0.6 is 0 Å². The normalized spacial score (nSPS) is 13.0. The van der Waals surface area contributed by atoms with Crippen molar-refractivity contribution in [1.29, 1.82) is 0 Å². The summed E-state index contributed by atoms with van der Waals surface area (Å²) in [5, 5.41) is 9.11. The standard InChI is InChI=1S/C9H7BFNO4/c11-7-4-6(15-9(12)13)3-5-1-2-10(14)16-8(5)7/h1-4,14H,(H2,12,13). The molecule has 0 aromatic heterocycles. The van der Waals surface area contributed by atoms with Crippen LogP contribution in [0.1, 0.15) is 5.56 Å². The second-order valence-corrected chi connectivity index (χ2v) is 3.11. The molecule has 0 aliphatic carbocycles. The first-order valence-corrected chi connectivity index (χ1v) is 4.40. The molecule has 1 heterocycles. The first kappa shape index (κ1) is 10.5. The van der Waals surface area contributed by atoms with Gasteiger partial charge in [-0.15, -0.1) is 0 Å². The van der Waals surface area contributed by atoms with Gasteiger partial charge < -0.3 is 20.1 Å². The van der Waals surface area contributed by atoms with Gasteiger partial charge in [-0.3, -0.25) is 0 Å². The Balaban J connectivity index is 2.41. The van der Waals surface area contributed by atoms with Crippen LogP contribution in [0.25, 0.3) is 6.08 Å². The molecule has 7 heteroatoms. The Morgan fingerprint density at radius 1 is 1.56 bits per heavy atom. The monoisotopic (exact) mass is 223 g/mol. The highest BCUT2D eigenvalue weighted by Gasteiger charge is 2.22. The Bertz CT molecular complexity index is 477. The van der Waals surface area contributed by atoms with Crippen molar-refractivity contribution in [1.82, 2.24) is 0 Å². The third kappa shape index (κ3) is 1.99. The fourth-order valence-corrected chi connectivity index (χ4v) is 1.36. The Morgan fingerprint density at radius 2 is 2.31 bits per heavy atom. The lowest BCUT2D eigenvalue weighted by Crippen LogP contribution is -2.23. The fourth-order valence-electron chi connectivity index (χ4n) is 1.36. The Morgan fingerprint density at radius 3 is 3.00 bits per heavy atom. The van der Waals surface area contributed by atoms with Crippen molar-refractivity contribution in [2.24, 2.45) is 5.73 Å². The summed E-state index contributed by atoms with van der Waals surface area (Å²) in [7, 11) is -1.18. The predicted molar refractivity (Wildman–Crippen MR) is 54.2 cm³/mol. The van der Waals surface area contributed by atoms with Crippen LogP contribution < -0.4 is 15.1 Å². The number of carbonyl (C=O) groups is 1. The molecule has 1 aliphatic rings. The summed E-state index contributed by atoms with van der Waals surface area (Å²) in [5.41, 5.74) is 5.16. The lowest BCUT2D eigenvalue weighted by molar-refractivity contribution is 0.210. The topological polar surface area (TPSA) is 81.8 Å². The molecule has 5 nitrogen and oxygen atoms in total. The number of benzene rings is 1. The summed E-state index contributed by atoms with van der Waals surface area (Å²) in [5.74, 6) is 0.480. The smallest absolute Gasteiger partial charge is 0.530 e. The zero-order valence-corrected chi connectivity index (χ0v) is 8.01. The number of rotatable bonds is 1. The molecule has 1 aromatic carbocycles. The number of hydrogen-bond acceptors (Lipinski definition) is 4. The molecule has 0 unspecified atom stereocenters. The van der Waals surface area contributed by atoms with Gasteiger partial charge in [-0.1, -0.05) is 6.08 Å². The molecular formula is C9H7BFNO4. The van der Waals surface area contributed by atoms with Crippen molar-refractivity contribution in [3.8, 4) is 11.5 Å². The molecule has 0 atom stereocenters. The summed E-state index contributed by atoms with van der Waals surface area (Å²) in [4.78, 5) is 10.5. The van der Waals surface area contributed by atoms with Gasteiger partial charge in [0.05, 0.1) is 0 Å². The molecule has 16 heavy (non-hydrogen) atoms. The third-order valence-electron chi connectivity index (χ3n) is 1.94. The van der Waals surface area contributed by atoms with Crippen LogP contribution in [0.4, 0.5) is 9.18 Å². The number of primary amides is 1. The zero-order valence-electron chi connectivity index (χ0n) is 8.01. The average molecular weight is 223 g/mol. The van der Waals surface area contributed by atoms with E-state index >= 15 is 0 Å². The van der Waals surface area contributed by atoms with E-state index in [9.17, 15) is 9.18 Å². The number of ether oxygens (including phenoxy) is 1. The first-order chi connectivity index (χ1) is 7.56. The predicted octanol–water partition coefficient (Wildman–Crippen LogP) is 0.709. The lowest BCUT2D eigenvalue weighted by atomic mass is 9.86. The zero-order chi connectivity index (χ0) is 11.7. The minimum atomic E-state index is -1.18. The number of halogens is 1. The van der Waals surface area contributed by atoms with E-state index in [4.69, 9.17) is 15.4 Å². The Hall–Kier alpha value is -2.02. The number of nitrogens with two attached hydrogens (primary N) is 1. The van der Waals surface area contributed by atoms with Crippen molar-refractivity contribution in [2.45, 2.75) is 0 Å². The van der Waals surface area contributed by atoms with Gasteiger partial charge in [0.1, 0.15) is 11.5 Å². The van der Waals surface area contributed by atoms with E-state index in [1.807, 2.05) is 0 Å². The molecule has 3 N–H and O–H groups in total. The van der Waals surface area contributed by atoms with E-state index < -0.39 is 19.0 Å². The van der Waals surface area contributed by atoms with E-state index in [0.717, 1.165) is 6.07 Å². The van der Waals surface area contributed by atoms with Gasteiger partial charge in [0.15, 0.2) is 5.82 Å². The SMILES string of the molecule is NC(=O)Oc1cc(F)c2c(c1)C=CB(O)O2. The van der Waals surface area contributed by atoms with Crippen LogP contribution in [0.15, 0.2) is 18.1 Å². The number of amides is 1. The van der Waals surface area contributed by atoms with Crippen LogP contribution in [0.2, 0.25) is 0 Å². The first-order valence-electron chi connectivity index (χ1n) is 4.40. The lowest BCUT2D eigenvalue weighted by Gasteiger charge is -2.16. The maximum atomic E-state index is 13.5. The molecule has 1 amide bonds. The molecule has 0 bridgehead atoms. The second-order valence-electron chi connectivity index (χ2n) is 3.11. The van der Waals surface area contributed by atoms with Crippen molar-refractivity contribution < 1.29 is 23.6 Å². The fraction of sp³-hybridized carbons (Fsp3) is 0. The van der Waals surface area contributed by atoms with Crippen LogP contribution in [0.3, 0.4) is 0 Å². The molecule has 82 valence electrons. The minimum absolute atomic E-state index is 0.0200. The van der Waals surface area contributed by atoms with E-state index in [-0.39, 0.29) is 11.5 Å². The molecule has 1 aliphatic heterocycles.